The van der Waals surface area contributed by atoms with Gasteiger partial charge in [0.25, 0.3) is 10.0 Å². The largest absolute Gasteiger partial charge is 0.495 e. The molecular formula is C14H12ClNO5S. The second-order valence-corrected chi connectivity index (χ2v) is 6.34. The first kappa shape index (κ1) is 16.1. The Morgan fingerprint density at radius 2 is 1.91 bits per heavy atom. The first-order chi connectivity index (χ1) is 10.3. The molecule has 0 heterocycles. The van der Waals surface area contributed by atoms with Crippen LogP contribution in [0, 0.1) is 0 Å². The standard InChI is InChI=1S/C14H12ClNO5S/c1-21-13-8-9(6-7-11(13)15)22(19,20)16-12-5-3-2-4-10(12)14(17)18/h2-8,16H,1H3,(H,17,18). The molecule has 0 aliphatic rings. The number of aromatic carboxylic acids is 1. The van der Waals surface area contributed by atoms with Crippen LogP contribution in [0.1, 0.15) is 10.4 Å². The second kappa shape index (κ2) is 6.25. The highest BCUT2D eigenvalue weighted by molar-refractivity contribution is 7.92. The number of ether oxygens (including phenoxy) is 1. The minimum atomic E-state index is -3.97. The Labute approximate surface area is 132 Å². The fraction of sp³-hybridized carbons (Fsp3) is 0.0714. The van der Waals surface area contributed by atoms with Gasteiger partial charge in [0.05, 0.1) is 28.3 Å². The van der Waals surface area contributed by atoms with Gasteiger partial charge in [0, 0.05) is 6.07 Å². The quantitative estimate of drug-likeness (QED) is 0.872. The maximum Gasteiger partial charge on any atom is 0.337 e. The van der Waals surface area contributed by atoms with E-state index < -0.39 is 16.0 Å². The van der Waals surface area contributed by atoms with Crippen molar-refractivity contribution in [3.05, 3.63) is 53.1 Å². The van der Waals surface area contributed by atoms with Gasteiger partial charge in [0.15, 0.2) is 0 Å². The van der Waals surface area contributed by atoms with E-state index in [1.54, 1.807) is 0 Å². The number of hydrogen-bond acceptors (Lipinski definition) is 4. The third kappa shape index (κ3) is 3.32. The van der Waals surface area contributed by atoms with Crippen molar-refractivity contribution in [2.45, 2.75) is 4.90 Å². The number of nitrogens with one attached hydrogen (secondary N) is 1. The number of halogens is 1. The molecule has 0 unspecified atom stereocenters. The lowest BCUT2D eigenvalue weighted by molar-refractivity contribution is 0.0698. The van der Waals surface area contributed by atoms with E-state index in [0.29, 0.717) is 0 Å². The summed E-state index contributed by atoms with van der Waals surface area (Å²) in [7, 11) is -2.60. The zero-order valence-corrected chi connectivity index (χ0v) is 13.0. The molecule has 0 fully saturated rings. The molecule has 0 bridgehead atoms. The smallest absolute Gasteiger partial charge is 0.337 e. The molecule has 116 valence electrons. The SMILES string of the molecule is COc1cc(S(=O)(=O)Nc2ccccc2C(=O)O)ccc1Cl. The topological polar surface area (TPSA) is 92.7 Å². The molecule has 0 aliphatic heterocycles. The summed E-state index contributed by atoms with van der Waals surface area (Å²) in [5.41, 5.74) is -0.170. The maximum atomic E-state index is 12.4. The van der Waals surface area contributed by atoms with Gasteiger partial charge in [-0.1, -0.05) is 23.7 Å². The van der Waals surface area contributed by atoms with Crippen LogP contribution >= 0.6 is 11.6 Å². The van der Waals surface area contributed by atoms with Gasteiger partial charge in [-0.05, 0) is 24.3 Å². The van der Waals surface area contributed by atoms with E-state index in [4.69, 9.17) is 21.4 Å². The van der Waals surface area contributed by atoms with Crippen LogP contribution in [0.2, 0.25) is 5.02 Å². The molecular weight excluding hydrogens is 330 g/mol. The molecule has 0 saturated carbocycles. The van der Waals surface area contributed by atoms with Crippen LogP contribution < -0.4 is 9.46 Å². The van der Waals surface area contributed by atoms with Crippen molar-refractivity contribution in [1.29, 1.82) is 0 Å². The van der Waals surface area contributed by atoms with Gasteiger partial charge < -0.3 is 9.84 Å². The Bertz CT molecular complexity index is 820. The van der Waals surface area contributed by atoms with E-state index in [1.165, 1.54) is 49.6 Å². The monoisotopic (exact) mass is 341 g/mol. The van der Waals surface area contributed by atoms with Crippen LogP contribution in [0.3, 0.4) is 0 Å². The lowest BCUT2D eigenvalue weighted by Crippen LogP contribution is -2.15. The fourth-order valence-electron chi connectivity index (χ4n) is 1.77. The predicted octanol–water partition coefficient (Wildman–Crippen LogP) is 2.85. The molecule has 6 nitrogen and oxygen atoms in total. The van der Waals surface area contributed by atoms with Crippen LogP contribution in [-0.2, 0) is 10.0 Å². The molecule has 0 amide bonds. The van der Waals surface area contributed by atoms with Crippen LogP contribution in [0.25, 0.3) is 0 Å². The van der Waals surface area contributed by atoms with E-state index >= 15 is 0 Å². The van der Waals surface area contributed by atoms with Crippen LogP contribution in [0.5, 0.6) is 5.75 Å². The van der Waals surface area contributed by atoms with Gasteiger partial charge >= 0.3 is 5.97 Å². The number of hydrogen-bond donors (Lipinski definition) is 2. The summed E-state index contributed by atoms with van der Waals surface area (Å²) in [4.78, 5) is 11.0. The molecule has 0 saturated heterocycles. The maximum absolute atomic E-state index is 12.4. The highest BCUT2D eigenvalue weighted by Crippen LogP contribution is 2.28. The molecule has 2 aromatic rings. The third-order valence-corrected chi connectivity index (χ3v) is 4.51. The minimum absolute atomic E-state index is 0.0242. The zero-order chi connectivity index (χ0) is 16.3. The van der Waals surface area contributed by atoms with Crippen molar-refractivity contribution >= 4 is 33.3 Å². The van der Waals surface area contributed by atoms with Crippen molar-refractivity contribution < 1.29 is 23.1 Å². The van der Waals surface area contributed by atoms with Gasteiger partial charge in [-0.15, -0.1) is 0 Å². The summed E-state index contributed by atoms with van der Waals surface area (Å²) >= 11 is 5.86. The third-order valence-electron chi connectivity index (χ3n) is 2.83. The summed E-state index contributed by atoms with van der Waals surface area (Å²) in [6.07, 6.45) is 0. The average molecular weight is 342 g/mol. The van der Waals surface area contributed by atoms with Gasteiger partial charge in [0.1, 0.15) is 5.75 Å². The molecule has 2 aromatic carbocycles. The van der Waals surface area contributed by atoms with Crippen molar-refractivity contribution in [2.24, 2.45) is 0 Å². The molecule has 0 spiro atoms. The number of carbonyl (C=O) groups is 1. The summed E-state index contributed by atoms with van der Waals surface area (Å²) < 4.78 is 31.9. The Balaban J connectivity index is 2.43. The lowest BCUT2D eigenvalue weighted by Gasteiger charge is -2.11. The molecule has 2 N–H and O–H groups in total. The minimum Gasteiger partial charge on any atom is -0.495 e. The summed E-state index contributed by atoms with van der Waals surface area (Å²) in [6.45, 7) is 0. The fourth-order valence-corrected chi connectivity index (χ4v) is 3.06. The van der Waals surface area contributed by atoms with Crippen molar-refractivity contribution in [3.8, 4) is 5.75 Å². The highest BCUT2D eigenvalue weighted by atomic mass is 35.5. The summed E-state index contributed by atoms with van der Waals surface area (Å²) in [5.74, 6) is -1.02. The number of methoxy groups -OCH3 is 1. The Morgan fingerprint density at radius 1 is 1.23 bits per heavy atom. The molecule has 8 heteroatoms. The number of para-hydroxylation sites is 1. The van der Waals surface area contributed by atoms with Crippen LogP contribution in [-0.4, -0.2) is 26.6 Å². The summed E-state index contributed by atoms with van der Waals surface area (Å²) in [6, 6.07) is 9.67. The molecule has 0 radical (unpaired) electrons. The lowest BCUT2D eigenvalue weighted by atomic mass is 10.2. The first-order valence-electron chi connectivity index (χ1n) is 6.04. The number of benzene rings is 2. The summed E-state index contributed by atoms with van der Waals surface area (Å²) in [5, 5.41) is 9.35. The van der Waals surface area contributed by atoms with Crippen LogP contribution in [0.4, 0.5) is 5.69 Å². The molecule has 0 atom stereocenters. The Morgan fingerprint density at radius 3 is 2.55 bits per heavy atom. The predicted molar refractivity (Wildman–Crippen MR) is 82.2 cm³/mol. The van der Waals surface area contributed by atoms with E-state index in [1.807, 2.05) is 0 Å². The van der Waals surface area contributed by atoms with Gasteiger partial charge in [-0.2, -0.15) is 0 Å². The number of carboxylic acids is 1. The van der Waals surface area contributed by atoms with Crippen molar-refractivity contribution in [2.75, 3.05) is 11.8 Å². The van der Waals surface area contributed by atoms with Gasteiger partial charge in [-0.25, -0.2) is 13.2 Å². The highest BCUT2D eigenvalue weighted by Gasteiger charge is 2.19. The Kier molecular flexibility index (Phi) is 4.58. The van der Waals surface area contributed by atoms with Crippen molar-refractivity contribution in [1.82, 2.24) is 0 Å². The molecule has 0 aromatic heterocycles. The number of sulfonamides is 1. The van der Waals surface area contributed by atoms with Crippen molar-refractivity contribution in [3.63, 3.8) is 0 Å². The average Bonchev–Trinajstić information content (AvgIpc) is 2.47. The van der Waals surface area contributed by atoms with E-state index in [9.17, 15) is 13.2 Å². The number of rotatable bonds is 5. The van der Waals surface area contributed by atoms with Gasteiger partial charge in [-0.3, -0.25) is 4.72 Å². The number of carboxylic acid groups (broad SMARTS) is 1. The molecule has 2 rings (SSSR count). The van der Waals surface area contributed by atoms with E-state index in [-0.39, 0.29) is 26.9 Å². The molecule has 22 heavy (non-hydrogen) atoms. The zero-order valence-electron chi connectivity index (χ0n) is 11.4. The van der Waals surface area contributed by atoms with Crippen LogP contribution in [0.15, 0.2) is 47.4 Å². The van der Waals surface area contributed by atoms with E-state index in [2.05, 4.69) is 4.72 Å². The van der Waals surface area contributed by atoms with E-state index in [0.717, 1.165) is 0 Å². The normalized spacial score (nSPS) is 11.0. The number of anilines is 1. The molecule has 0 aliphatic carbocycles. The first-order valence-corrected chi connectivity index (χ1v) is 7.90. The second-order valence-electron chi connectivity index (χ2n) is 4.25. The van der Waals surface area contributed by atoms with Gasteiger partial charge in [0.2, 0.25) is 0 Å². The Hall–Kier alpha value is -2.25.